The van der Waals surface area contributed by atoms with Crippen LogP contribution in [0.5, 0.6) is 0 Å². The fraction of sp³-hybridized carbons (Fsp3) is 0.133. The lowest BCUT2D eigenvalue weighted by atomic mass is 10.1. The Balaban J connectivity index is 2.06. The Kier molecular flexibility index (Phi) is 4.08. The molecule has 0 saturated carbocycles. The van der Waals surface area contributed by atoms with Crippen LogP contribution >= 0.6 is 0 Å². The van der Waals surface area contributed by atoms with Crippen LogP contribution in [0.4, 0.5) is 13.2 Å². The minimum absolute atomic E-state index is 0.0106. The molecular formula is C15H12F3NO. The van der Waals surface area contributed by atoms with Crippen LogP contribution in [0.15, 0.2) is 36.4 Å². The Morgan fingerprint density at radius 2 is 1.75 bits per heavy atom. The van der Waals surface area contributed by atoms with Crippen molar-refractivity contribution in [2.75, 3.05) is 0 Å². The lowest BCUT2D eigenvalue weighted by molar-refractivity contribution is 0.0947. The Labute approximate surface area is 114 Å². The molecule has 0 aliphatic heterocycles. The lowest BCUT2D eigenvalue weighted by Crippen LogP contribution is -2.24. The molecule has 0 unspecified atom stereocenters. The van der Waals surface area contributed by atoms with Gasteiger partial charge in [0, 0.05) is 6.54 Å². The first-order valence-electron chi connectivity index (χ1n) is 5.95. The summed E-state index contributed by atoms with van der Waals surface area (Å²) in [5.41, 5.74) is 1.02. The molecule has 5 heteroatoms. The summed E-state index contributed by atoms with van der Waals surface area (Å²) in [6, 6.07) is 7.57. The first-order valence-corrected chi connectivity index (χ1v) is 5.95. The SMILES string of the molecule is Cc1ccc(C(=O)NCc2ccc(F)c(F)c2)c(F)c1. The number of carbonyl (C=O) groups is 1. The van der Waals surface area contributed by atoms with E-state index in [1.54, 1.807) is 13.0 Å². The van der Waals surface area contributed by atoms with Crippen LogP contribution in [-0.2, 0) is 6.54 Å². The zero-order chi connectivity index (χ0) is 14.7. The number of hydrogen-bond acceptors (Lipinski definition) is 1. The van der Waals surface area contributed by atoms with Crippen LogP contribution in [0.25, 0.3) is 0 Å². The molecule has 1 amide bonds. The van der Waals surface area contributed by atoms with E-state index >= 15 is 0 Å². The molecule has 0 saturated heterocycles. The maximum absolute atomic E-state index is 13.6. The third-order valence-corrected chi connectivity index (χ3v) is 2.81. The van der Waals surface area contributed by atoms with Gasteiger partial charge in [-0.2, -0.15) is 0 Å². The maximum atomic E-state index is 13.6. The molecule has 2 rings (SSSR count). The van der Waals surface area contributed by atoms with E-state index < -0.39 is 23.4 Å². The standard InChI is InChI=1S/C15H12F3NO/c1-9-2-4-11(13(17)6-9)15(20)19-8-10-3-5-12(16)14(18)7-10/h2-7H,8H2,1H3,(H,19,20). The molecule has 0 radical (unpaired) electrons. The fourth-order valence-electron chi connectivity index (χ4n) is 1.73. The highest BCUT2D eigenvalue weighted by Crippen LogP contribution is 2.11. The van der Waals surface area contributed by atoms with Gasteiger partial charge in [0.1, 0.15) is 5.82 Å². The second-order valence-electron chi connectivity index (χ2n) is 4.41. The number of nitrogens with one attached hydrogen (secondary N) is 1. The summed E-state index contributed by atoms with van der Waals surface area (Å²) in [6.07, 6.45) is 0. The number of hydrogen-bond donors (Lipinski definition) is 1. The monoisotopic (exact) mass is 279 g/mol. The van der Waals surface area contributed by atoms with Crippen LogP contribution in [0.3, 0.4) is 0 Å². The molecule has 104 valence electrons. The van der Waals surface area contributed by atoms with Crippen molar-refractivity contribution in [2.24, 2.45) is 0 Å². The van der Waals surface area contributed by atoms with Crippen LogP contribution in [0.2, 0.25) is 0 Å². The van der Waals surface area contributed by atoms with Crippen LogP contribution < -0.4 is 5.32 Å². The second kappa shape index (κ2) is 5.77. The van der Waals surface area contributed by atoms with Gasteiger partial charge in [-0.3, -0.25) is 4.79 Å². The van der Waals surface area contributed by atoms with Gasteiger partial charge >= 0.3 is 0 Å². The molecule has 0 spiro atoms. The van der Waals surface area contributed by atoms with Crippen molar-refractivity contribution < 1.29 is 18.0 Å². The highest BCUT2D eigenvalue weighted by atomic mass is 19.2. The van der Waals surface area contributed by atoms with Gasteiger partial charge in [-0.1, -0.05) is 12.1 Å². The number of halogens is 3. The summed E-state index contributed by atoms with van der Waals surface area (Å²) in [6.45, 7) is 1.70. The Morgan fingerprint density at radius 1 is 1.00 bits per heavy atom. The molecule has 0 aromatic heterocycles. The van der Waals surface area contributed by atoms with E-state index in [1.807, 2.05) is 0 Å². The third-order valence-electron chi connectivity index (χ3n) is 2.81. The van der Waals surface area contributed by atoms with Gasteiger partial charge in [-0.05, 0) is 42.3 Å². The molecule has 2 nitrogen and oxygen atoms in total. The third kappa shape index (κ3) is 3.17. The molecular weight excluding hydrogens is 267 g/mol. The summed E-state index contributed by atoms with van der Waals surface area (Å²) in [5, 5.41) is 2.45. The van der Waals surface area contributed by atoms with Gasteiger partial charge in [-0.15, -0.1) is 0 Å². The van der Waals surface area contributed by atoms with E-state index in [0.29, 0.717) is 11.1 Å². The number of carbonyl (C=O) groups excluding carboxylic acids is 1. The van der Waals surface area contributed by atoms with Gasteiger partial charge in [-0.25, -0.2) is 13.2 Å². The van der Waals surface area contributed by atoms with Gasteiger partial charge < -0.3 is 5.32 Å². The van der Waals surface area contributed by atoms with E-state index in [9.17, 15) is 18.0 Å². The summed E-state index contributed by atoms with van der Waals surface area (Å²) in [4.78, 5) is 11.8. The van der Waals surface area contributed by atoms with E-state index in [1.165, 1.54) is 18.2 Å². The first-order chi connectivity index (χ1) is 9.47. The molecule has 0 aliphatic rings. The molecule has 20 heavy (non-hydrogen) atoms. The molecule has 0 atom stereocenters. The zero-order valence-corrected chi connectivity index (χ0v) is 10.7. The van der Waals surface area contributed by atoms with Gasteiger partial charge in [0.15, 0.2) is 11.6 Å². The Hall–Kier alpha value is -2.30. The molecule has 0 heterocycles. The molecule has 2 aromatic carbocycles. The van der Waals surface area contributed by atoms with E-state index in [-0.39, 0.29) is 12.1 Å². The summed E-state index contributed by atoms with van der Waals surface area (Å²) < 4.78 is 39.3. The average molecular weight is 279 g/mol. The first kappa shape index (κ1) is 14.1. The van der Waals surface area contributed by atoms with Gasteiger partial charge in [0.25, 0.3) is 5.91 Å². The largest absolute Gasteiger partial charge is 0.348 e. The highest BCUT2D eigenvalue weighted by Gasteiger charge is 2.11. The molecule has 2 aromatic rings. The average Bonchev–Trinajstić information content (AvgIpc) is 2.40. The predicted molar refractivity (Wildman–Crippen MR) is 68.7 cm³/mol. The quantitative estimate of drug-likeness (QED) is 0.917. The van der Waals surface area contributed by atoms with Crippen LogP contribution in [0, 0.1) is 24.4 Å². The zero-order valence-electron chi connectivity index (χ0n) is 10.7. The predicted octanol–water partition coefficient (Wildman–Crippen LogP) is 3.34. The van der Waals surface area contributed by atoms with E-state index in [4.69, 9.17) is 0 Å². The van der Waals surface area contributed by atoms with Crippen LogP contribution in [-0.4, -0.2) is 5.91 Å². The van der Waals surface area contributed by atoms with E-state index in [0.717, 1.165) is 12.1 Å². The minimum atomic E-state index is -0.988. The normalized spacial score (nSPS) is 10.4. The lowest BCUT2D eigenvalue weighted by Gasteiger charge is -2.07. The smallest absolute Gasteiger partial charge is 0.254 e. The summed E-state index contributed by atoms with van der Waals surface area (Å²) in [7, 11) is 0. The van der Waals surface area contributed by atoms with Crippen molar-refractivity contribution in [3.8, 4) is 0 Å². The second-order valence-corrected chi connectivity index (χ2v) is 4.41. The van der Waals surface area contributed by atoms with Crippen LogP contribution in [0.1, 0.15) is 21.5 Å². The van der Waals surface area contributed by atoms with Gasteiger partial charge in [0.2, 0.25) is 0 Å². The minimum Gasteiger partial charge on any atom is -0.348 e. The Bertz CT molecular complexity index is 656. The maximum Gasteiger partial charge on any atom is 0.254 e. The van der Waals surface area contributed by atoms with Gasteiger partial charge in [0.05, 0.1) is 5.56 Å². The number of rotatable bonds is 3. The van der Waals surface area contributed by atoms with Crippen molar-refractivity contribution in [3.63, 3.8) is 0 Å². The summed E-state index contributed by atoms with van der Waals surface area (Å²) >= 11 is 0. The number of aryl methyl sites for hydroxylation is 1. The van der Waals surface area contributed by atoms with Crippen molar-refractivity contribution in [2.45, 2.75) is 13.5 Å². The summed E-state index contributed by atoms with van der Waals surface area (Å²) in [5.74, 6) is -3.16. The van der Waals surface area contributed by atoms with E-state index in [2.05, 4.69) is 5.32 Å². The number of amides is 1. The van der Waals surface area contributed by atoms with Crippen molar-refractivity contribution in [1.29, 1.82) is 0 Å². The topological polar surface area (TPSA) is 29.1 Å². The molecule has 0 bridgehead atoms. The fourth-order valence-corrected chi connectivity index (χ4v) is 1.73. The molecule has 1 N–H and O–H groups in total. The van der Waals surface area contributed by atoms with Crippen molar-refractivity contribution in [3.05, 3.63) is 70.5 Å². The molecule has 0 aliphatic carbocycles. The van der Waals surface area contributed by atoms with Crippen molar-refractivity contribution in [1.82, 2.24) is 5.32 Å². The van der Waals surface area contributed by atoms with Crippen molar-refractivity contribution >= 4 is 5.91 Å². The Morgan fingerprint density at radius 3 is 2.40 bits per heavy atom. The highest BCUT2D eigenvalue weighted by molar-refractivity contribution is 5.94. The number of benzene rings is 2. The molecule has 0 fully saturated rings.